The second kappa shape index (κ2) is 12.6. The maximum absolute atomic E-state index is 12.7. The van der Waals surface area contributed by atoms with Crippen LogP contribution in [0.4, 0.5) is 10.5 Å². The maximum Gasteiger partial charge on any atom is 0.513 e. The number of nitrogens with one attached hydrogen (secondary N) is 2. The molecule has 3 rings (SSSR count). The van der Waals surface area contributed by atoms with Crippen LogP contribution in [0.1, 0.15) is 34.8 Å². The lowest BCUT2D eigenvalue weighted by Gasteiger charge is -2.12. The summed E-state index contributed by atoms with van der Waals surface area (Å²) in [4.78, 5) is 36.4. The van der Waals surface area contributed by atoms with E-state index in [1.54, 1.807) is 25.1 Å². The minimum absolute atomic E-state index is 0.0710. The largest absolute Gasteiger partial charge is 0.513 e. The Morgan fingerprint density at radius 1 is 0.941 bits per heavy atom. The van der Waals surface area contributed by atoms with Gasteiger partial charge in [-0.25, -0.2) is 4.79 Å². The van der Waals surface area contributed by atoms with E-state index in [0.717, 1.165) is 15.6 Å². The van der Waals surface area contributed by atoms with Crippen molar-refractivity contribution >= 4 is 39.6 Å². The number of para-hydroxylation sites is 1. The van der Waals surface area contributed by atoms with Gasteiger partial charge in [-0.3, -0.25) is 9.59 Å². The molecule has 0 fully saturated rings. The van der Waals surface area contributed by atoms with E-state index in [2.05, 4.69) is 26.6 Å². The Morgan fingerprint density at radius 2 is 1.71 bits per heavy atom. The van der Waals surface area contributed by atoms with Gasteiger partial charge in [0, 0.05) is 28.7 Å². The molecule has 0 unspecified atom stereocenters. The molecule has 0 aliphatic heterocycles. The van der Waals surface area contributed by atoms with E-state index in [-0.39, 0.29) is 24.2 Å². The van der Waals surface area contributed by atoms with Gasteiger partial charge < -0.3 is 20.1 Å². The Labute approximate surface area is 206 Å². The van der Waals surface area contributed by atoms with Crippen LogP contribution in [0, 0.1) is 0 Å². The topological polar surface area (TPSA) is 93.7 Å². The summed E-state index contributed by atoms with van der Waals surface area (Å²) in [7, 11) is 0. The van der Waals surface area contributed by atoms with Crippen molar-refractivity contribution in [3.05, 3.63) is 94.0 Å². The second-order valence-corrected chi connectivity index (χ2v) is 8.24. The number of carbonyl (C=O) groups is 3. The summed E-state index contributed by atoms with van der Waals surface area (Å²) in [6, 6.07) is 21.3. The molecule has 34 heavy (non-hydrogen) atoms. The molecule has 8 heteroatoms. The number of hydrogen-bond donors (Lipinski definition) is 2. The molecule has 0 radical (unpaired) electrons. The summed E-state index contributed by atoms with van der Waals surface area (Å²) in [5.74, 6) is -0.115. The van der Waals surface area contributed by atoms with Crippen LogP contribution in [-0.4, -0.2) is 24.6 Å². The van der Waals surface area contributed by atoms with Crippen LogP contribution < -0.4 is 15.4 Å². The number of ether oxygens (including phenoxy) is 2. The lowest BCUT2D eigenvalue weighted by molar-refractivity contribution is -0.121. The van der Waals surface area contributed by atoms with Crippen molar-refractivity contribution in [1.29, 1.82) is 0 Å². The first-order valence-corrected chi connectivity index (χ1v) is 11.6. The molecule has 176 valence electrons. The molecular weight excluding hydrogens is 500 g/mol. The van der Waals surface area contributed by atoms with Gasteiger partial charge in [-0.2, -0.15) is 0 Å². The molecule has 0 aliphatic carbocycles. The number of halogens is 1. The van der Waals surface area contributed by atoms with Gasteiger partial charge in [0.2, 0.25) is 5.91 Å². The van der Waals surface area contributed by atoms with E-state index in [0.29, 0.717) is 30.6 Å². The zero-order valence-corrected chi connectivity index (χ0v) is 20.3. The Hall–Kier alpha value is -3.65. The molecule has 0 bridgehead atoms. The minimum atomic E-state index is -0.799. The number of amides is 2. The minimum Gasteiger partial charge on any atom is -0.434 e. The summed E-state index contributed by atoms with van der Waals surface area (Å²) in [6.45, 7) is 2.19. The molecule has 0 aliphatic rings. The van der Waals surface area contributed by atoms with Crippen LogP contribution in [-0.2, 0) is 22.5 Å². The van der Waals surface area contributed by atoms with E-state index in [4.69, 9.17) is 9.47 Å². The van der Waals surface area contributed by atoms with Gasteiger partial charge in [-0.1, -0.05) is 46.3 Å². The second-order valence-electron chi connectivity index (χ2n) is 7.33. The maximum atomic E-state index is 12.7. The lowest BCUT2D eigenvalue weighted by atomic mass is 10.1. The first kappa shape index (κ1) is 25.0. The molecule has 0 saturated carbocycles. The van der Waals surface area contributed by atoms with Gasteiger partial charge in [0.05, 0.1) is 6.61 Å². The van der Waals surface area contributed by atoms with Crippen molar-refractivity contribution < 1.29 is 23.9 Å². The Kier molecular flexibility index (Phi) is 9.22. The quantitative estimate of drug-likeness (QED) is 0.285. The van der Waals surface area contributed by atoms with Crippen molar-refractivity contribution in [2.75, 3.05) is 11.9 Å². The van der Waals surface area contributed by atoms with Gasteiger partial charge in [0.1, 0.15) is 5.75 Å². The fourth-order valence-corrected chi connectivity index (χ4v) is 3.59. The normalized spacial score (nSPS) is 10.3. The van der Waals surface area contributed by atoms with Crippen LogP contribution in [0.25, 0.3) is 0 Å². The van der Waals surface area contributed by atoms with E-state index in [9.17, 15) is 14.4 Å². The Morgan fingerprint density at radius 3 is 2.44 bits per heavy atom. The van der Waals surface area contributed by atoms with Crippen molar-refractivity contribution in [2.24, 2.45) is 0 Å². The third-order valence-electron chi connectivity index (χ3n) is 4.85. The molecule has 0 spiro atoms. The van der Waals surface area contributed by atoms with Gasteiger partial charge in [0.15, 0.2) is 0 Å². The fourth-order valence-electron chi connectivity index (χ4n) is 3.14. The summed E-state index contributed by atoms with van der Waals surface area (Å²) in [5.41, 5.74) is 2.86. The predicted molar refractivity (Wildman–Crippen MR) is 133 cm³/mol. The highest BCUT2D eigenvalue weighted by molar-refractivity contribution is 9.10. The highest BCUT2D eigenvalue weighted by Crippen LogP contribution is 2.18. The Bertz CT molecular complexity index is 1150. The number of benzene rings is 3. The molecule has 0 heterocycles. The number of carbonyl (C=O) groups excluding carboxylic acids is 3. The van der Waals surface area contributed by atoms with Gasteiger partial charge in [-0.15, -0.1) is 0 Å². The average molecular weight is 525 g/mol. The molecule has 2 amide bonds. The summed E-state index contributed by atoms with van der Waals surface area (Å²) >= 11 is 3.43. The number of hydrogen-bond acceptors (Lipinski definition) is 5. The van der Waals surface area contributed by atoms with Crippen molar-refractivity contribution in [3.8, 4) is 5.75 Å². The smallest absolute Gasteiger partial charge is 0.434 e. The first-order valence-electron chi connectivity index (χ1n) is 10.8. The molecule has 2 N–H and O–H groups in total. The lowest BCUT2D eigenvalue weighted by Crippen LogP contribution is -2.24. The van der Waals surface area contributed by atoms with Gasteiger partial charge >= 0.3 is 6.16 Å². The third kappa shape index (κ3) is 7.74. The monoisotopic (exact) mass is 524 g/mol. The molecule has 3 aromatic rings. The van der Waals surface area contributed by atoms with E-state index < -0.39 is 6.16 Å². The average Bonchev–Trinajstić information content (AvgIpc) is 2.83. The SMILES string of the molecule is CCOC(=O)Oc1ccc(C(=O)Nc2ccccc2CNC(=O)CCc2cccc(Br)c2)cc1. The zero-order valence-electron chi connectivity index (χ0n) is 18.7. The highest BCUT2D eigenvalue weighted by Gasteiger charge is 2.11. The summed E-state index contributed by atoms with van der Waals surface area (Å²) < 4.78 is 10.7. The number of anilines is 1. The molecule has 7 nitrogen and oxygen atoms in total. The van der Waals surface area contributed by atoms with Crippen LogP contribution in [0.15, 0.2) is 77.3 Å². The van der Waals surface area contributed by atoms with Crippen molar-refractivity contribution in [3.63, 3.8) is 0 Å². The molecule has 3 aromatic carbocycles. The van der Waals surface area contributed by atoms with Crippen LogP contribution >= 0.6 is 15.9 Å². The van der Waals surface area contributed by atoms with Crippen LogP contribution in [0.5, 0.6) is 5.75 Å². The van der Waals surface area contributed by atoms with Gasteiger partial charge in [-0.05, 0) is 66.9 Å². The summed E-state index contributed by atoms with van der Waals surface area (Å²) in [5, 5.41) is 5.78. The standard InChI is InChI=1S/C26H25BrN2O5/c1-2-33-26(32)34-22-13-11-19(12-14-22)25(31)29-23-9-4-3-7-20(23)17-28-24(30)15-10-18-6-5-8-21(27)16-18/h3-9,11-14,16H,2,10,15,17H2,1H3,(H,28,30)(H,29,31). The summed E-state index contributed by atoms with van der Waals surface area (Å²) in [6.07, 6.45) is 0.206. The molecule has 0 aromatic heterocycles. The highest BCUT2D eigenvalue weighted by atomic mass is 79.9. The molecular formula is C26H25BrN2O5. The van der Waals surface area contributed by atoms with Crippen LogP contribution in [0.3, 0.4) is 0 Å². The van der Waals surface area contributed by atoms with Crippen molar-refractivity contribution in [1.82, 2.24) is 5.32 Å². The Balaban J connectivity index is 1.54. The van der Waals surface area contributed by atoms with Crippen LogP contribution in [0.2, 0.25) is 0 Å². The predicted octanol–water partition coefficient (Wildman–Crippen LogP) is 5.49. The van der Waals surface area contributed by atoms with Gasteiger partial charge in [0.25, 0.3) is 5.91 Å². The van der Waals surface area contributed by atoms with Crippen molar-refractivity contribution in [2.45, 2.75) is 26.3 Å². The molecule has 0 atom stereocenters. The first-order chi connectivity index (χ1) is 16.4. The molecule has 0 saturated heterocycles. The zero-order chi connectivity index (χ0) is 24.3. The van der Waals surface area contributed by atoms with E-state index in [1.807, 2.05) is 42.5 Å². The fraction of sp³-hybridized carbons (Fsp3) is 0.192. The third-order valence-corrected chi connectivity index (χ3v) is 5.34. The van der Waals surface area contributed by atoms with E-state index in [1.165, 1.54) is 12.1 Å². The van der Waals surface area contributed by atoms with E-state index >= 15 is 0 Å². The number of rotatable bonds is 9. The number of aryl methyl sites for hydroxylation is 1.